The van der Waals surface area contributed by atoms with Gasteiger partial charge in [-0.1, -0.05) is 29.4 Å². The number of aromatic nitrogens is 1. The van der Waals surface area contributed by atoms with Crippen molar-refractivity contribution in [2.24, 2.45) is 0 Å². The van der Waals surface area contributed by atoms with Crippen LogP contribution in [0.4, 0.5) is 0 Å². The van der Waals surface area contributed by atoms with Gasteiger partial charge in [0.25, 0.3) is 0 Å². The molecular weight excluding hydrogens is 410 g/mol. The lowest BCUT2D eigenvalue weighted by atomic mass is 9.95. The van der Waals surface area contributed by atoms with Crippen LogP contribution < -0.4 is 0 Å². The molecule has 0 atom stereocenters. The smallest absolute Gasteiger partial charge is 0.328 e. The molecule has 3 N–H and O–H groups in total. The van der Waals surface area contributed by atoms with Gasteiger partial charge < -0.3 is 19.8 Å². The zero-order chi connectivity index (χ0) is 22.7. The van der Waals surface area contributed by atoms with Crippen LogP contribution in [0.15, 0.2) is 83.4 Å². The molecule has 0 amide bonds. The van der Waals surface area contributed by atoms with Gasteiger partial charge in [0.2, 0.25) is 0 Å². The highest BCUT2D eigenvalue weighted by atomic mass is 16.5. The van der Waals surface area contributed by atoms with Crippen molar-refractivity contribution in [2.75, 3.05) is 0 Å². The number of nitrogens with zero attached hydrogens (tertiary/aromatic N) is 1. The maximum atomic E-state index is 13.5. The van der Waals surface area contributed by atoms with Crippen LogP contribution in [0.5, 0.6) is 11.5 Å². The number of carbonyl (C=O) groups is 2. The van der Waals surface area contributed by atoms with Gasteiger partial charge in [-0.25, -0.2) is 4.79 Å². The molecule has 0 fully saturated rings. The largest absolute Gasteiger partial charge is 0.508 e. The average molecular weight is 427 g/mol. The maximum absolute atomic E-state index is 13.5. The van der Waals surface area contributed by atoms with Crippen molar-refractivity contribution in [1.29, 1.82) is 0 Å². The standard InChI is InChI=1S/C25H17NO6/c27-19-10-6-16(7-11-19)23-22(25(32-26-23)18-8-12-20(28)13-9-18)24(31)17-4-1-15(2-5-17)3-14-21(29)30/h1-14,27-28H,(H,29,30). The lowest BCUT2D eigenvalue weighted by molar-refractivity contribution is -0.131. The van der Waals surface area contributed by atoms with E-state index in [0.29, 0.717) is 27.9 Å². The SMILES string of the molecule is O=C(O)C=Cc1ccc(C(=O)c2c(-c3ccc(O)cc3)noc2-c2ccc(O)cc2)cc1. The molecule has 1 aromatic heterocycles. The van der Waals surface area contributed by atoms with Crippen molar-refractivity contribution >= 4 is 17.8 Å². The minimum Gasteiger partial charge on any atom is -0.508 e. The first-order chi connectivity index (χ1) is 15.4. The topological polar surface area (TPSA) is 121 Å². The van der Waals surface area contributed by atoms with Gasteiger partial charge >= 0.3 is 5.97 Å². The number of benzene rings is 3. The molecule has 7 heteroatoms. The summed E-state index contributed by atoms with van der Waals surface area (Å²) < 4.78 is 5.55. The Morgan fingerprint density at radius 2 is 1.34 bits per heavy atom. The van der Waals surface area contributed by atoms with Gasteiger partial charge in [-0.15, -0.1) is 0 Å². The summed E-state index contributed by atoms with van der Waals surface area (Å²) in [6, 6.07) is 18.9. The molecule has 4 rings (SSSR count). The number of carbonyl (C=O) groups excluding carboxylic acids is 1. The third-order valence-corrected chi connectivity index (χ3v) is 4.78. The summed E-state index contributed by atoms with van der Waals surface area (Å²) in [4.78, 5) is 24.2. The van der Waals surface area contributed by atoms with E-state index in [1.54, 1.807) is 48.5 Å². The van der Waals surface area contributed by atoms with Gasteiger partial charge in [0, 0.05) is 22.8 Å². The Balaban J connectivity index is 1.80. The number of carboxylic acid groups (broad SMARTS) is 1. The van der Waals surface area contributed by atoms with E-state index in [0.717, 1.165) is 6.08 Å². The van der Waals surface area contributed by atoms with Crippen molar-refractivity contribution in [3.8, 4) is 34.1 Å². The van der Waals surface area contributed by atoms with Crippen molar-refractivity contribution < 1.29 is 29.4 Å². The predicted octanol–water partition coefficient (Wildman–Crippen LogP) is 4.75. The molecule has 7 nitrogen and oxygen atoms in total. The Kier molecular flexibility index (Phi) is 5.55. The molecule has 32 heavy (non-hydrogen) atoms. The summed E-state index contributed by atoms with van der Waals surface area (Å²) in [6.07, 6.45) is 2.45. The first-order valence-corrected chi connectivity index (χ1v) is 9.56. The third kappa shape index (κ3) is 4.27. The highest BCUT2D eigenvalue weighted by molar-refractivity contribution is 6.15. The van der Waals surface area contributed by atoms with Crippen LogP contribution >= 0.6 is 0 Å². The fraction of sp³-hybridized carbons (Fsp3) is 0. The predicted molar refractivity (Wildman–Crippen MR) is 117 cm³/mol. The molecule has 158 valence electrons. The number of aromatic hydroxyl groups is 2. The normalized spacial score (nSPS) is 11.0. The summed E-state index contributed by atoms with van der Waals surface area (Å²) in [7, 11) is 0. The van der Waals surface area contributed by atoms with Gasteiger partial charge in [0.05, 0.1) is 5.56 Å². The van der Waals surface area contributed by atoms with Crippen LogP contribution in [0.25, 0.3) is 28.7 Å². The summed E-state index contributed by atoms with van der Waals surface area (Å²) >= 11 is 0. The number of hydrogen-bond donors (Lipinski definition) is 3. The molecule has 0 aliphatic rings. The van der Waals surface area contributed by atoms with E-state index < -0.39 is 5.97 Å². The van der Waals surface area contributed by atoms with E-state index in [-0.39, 0.29) is 28.6 Å². The molecule has 0 radical (unpaired) electrons. The first kappa shape index (κ1) is 20.6. The molecule has 4 aromatic rings. The zero-order valence-electron chi connectivity index (χ0n) is 16.6. The van der Waals surface area contributed by atoms with Gasteiger partial charge in [0.15, 0.2) is 11.5 Å². The summed E-state index contributed by atoms with van der Waals surface area (Å²) in [6.45, 7) is 0. The second-order valence-corrected chi connectivity index (χ2v) is 6.95. The van der Waals surface area contributed by atoms with Crippen LogP contribution in [0.2, 0.25) is 0 Å². The van der Waals surface area contributed by atoms with E-state index >= 15 is 0 Å². The van der Waals surface area contributed by atoms with Crippen LogP contribution in [-0.4, -0.2) is 32.2 Å². The van der Waals surface area contributed by atoms with Gasteiger partial charge in [-0.05, 0) is 60.2 Å². The van der Waals surface area contributed by atoms with Crippen molar-refractivity contribution in [3.63, 3.8) is 0 Å². The molecule has 0 bridgehead atoms. The number of hydrogen-bond acceptors (Lipinski definition) is 6. The summed E-state index contributed by atoms with van der Waals surface area (Å²) in [5, 5.41) is 32.1. The van der Waals surface area contributed by atoms with E-state index in [1.165, 1.54) is 30.3 Å². The highest BCUT2D eigenvalue weighted by Gasteiger charge is 2.26. The molecule has 0 saturated heterocycles. The minimum absolute atomic E-state index is 0.0740. The Bertz CT molecular complexity index is 1240. The van der Waals surface area contributed by atoms with Gasteiger partial charge in [-0.2, -0.15) is 0 Å². The molecule has 0 aliphatic carbocycles. The van der Waals surface area contributed by atoms with Crippen LogP contribution in [-0.2, 0) is 4.79 Å². The number of rotatable bonds is 6. The second kappa shape index (κ2) is 8.61. The minimum atomic E-state index is -1.06. The molecular formula is C25H17NO6. The molecule has 0 spiro atoms. The van der Waals surface area contributed by atoms with E-state index in [1.807, 2.05) is 0 Å². The maximum Gasteiger partial charge on any atom is 0.328 e. The fourth-order valence-corrected chi connectivity index (χ4v) is 3.18. The number of carboxylic acids is 1. The monoisotopic (exact) mass is 427 g/mol. The van der Waals surface area contributed by atoms with E-state index in [2.05, 4.69) is 5.16 Å². The van der Waals surface area contributed by atoms with Crippen LogP contribution in [0, 0.1) is 0 Å². The molecule has 0 saturated carbocycles. The molecule has 0 unspecified atom stereocenters. The van der Waals surface area contributed by atoms with Crippen LogP contribution in [0.3, 0.4) is 0 Å². The number of phenolic OH excluding ortho intramolecular Hbond substituents is 2. The lowest BCUT2D eigenvalue weighted by Gasteiger charge is -2.06. The van der Waals surface area contributed by atoms with Crippen molar-refractivity contribution in [1.82, 2.24) is 5.16 Å². The second-order valence-electron chi connectivity index (χ2n) is 6.95. The molecule has 0 aliphatic heterocycles. The lowest BCUT2D eigenvalue weighted by Crippen LogP contribution is -2.04. The number of phenols is 2. The number of aliphatic carboxylic acids is 1. The fourth-order valence-electron chi connectivity index (χ4n) is 3.18. The molecule has 1 heterocycles. The van der Waals surface area contributed by atoms with E-state index in [9.17, 15) is 19.8 Å². The summed E-state index contributed by atoms with van der Waals surface area (Å²) in [5.74, 6) is -1.01. The Labute approximate surface area is 182 Å². The Morgan fingerprint density at radius 3 is 1.91 bits per heavy atom. The van der Waals surface area contributed by atoms with Crippen molar-refractivity contribution in [3.05, 3.63) is 95.6 Å². The zero-order valence-corrected chi connectivity index (χ0v) is 16.6. The summed E-state index contributed by atoms with van der Waals surface area (Å²) in [5.41, 5.74) is 2.68. The Morgan fingerprint density at radius 1 is 0.781 bits per heavy atom. The average Bonchev–Trinajstić information content (AvgIpc) is 3.23. The van der Waals surface area contributed by atoms with Gasteiger partial charge in [0.1, 0.15) is 17.2 Å². The molecule has 3 aromatic carbocycles. The first-order valence-electron chi connectivity index (χ1n) is 9.56. The van der Waals surface area contributed by atoms with Crippen LogP contribution in [0.1, 0.15) is 21.5 Å². The Hall–Kier alpha value is -4.65. The third-order valence-electron chi connectivity index (χ3n) is 4.78. The van der Waals surface area contributed by atoms with Crippen molar-refractivity contribution in [2.45, 2.75) is 0 Å². The van der Waals surface area contributed by atoms with E-state index in [4.69, 9.17) is 9.63 Å². The number of ketones is 1. The quantitative estimate of drug-likeness (QED) is 0.300. The van der Waals surface area contributed by atoms with Gasteiger partial charge in [-0.3, -0.25) is 4.79 Å². The highest BCUT2D eigenvalue weighted by Crippen LogP contribution is 2.35.